The number of methoxy groups -OCH3 is 1. The Balaban J connectivity index is 1.82. The van der Waals surface area contributed by atoms with Crippen molar-refractivity contribution in [2.45, 2.75) is 6.54 Å². The van der Waals surface area contributed by atoms with Gasteiger partial charge < -0.3 is 4.74 Å². The molecule has 0 aliphatic heterocycles. The van der Waals surface area contributed by atoms with Crippen molar-refractivity contribution in [1.29, 1.82) is 0 Å². The molecule has 0 saturated carbocycles. The van der Waals surface area contributed by atoms with Crippen LogP contribution in [0.25, 0.3) is 11.4 Å². The van der Waals surface area contributed by atoms with E-state index in [-0.39, 0.29) is 0 Å². The van der Waals surface area contributed by atoms with Crippen LogP contribution in [0.1, 0.15) is 5.56 Å². The molecule has 0 bridgehead atoms. The highest BCUT2D eigenvalue weighted by Crippen LogP contribution is 2.20. The quantitative estimate of drug-likeness (QED) is 0.729. The molecule has 2 aromatic carbocycles. The zero-order valence-corrected chi connectivity index (χ0v) is 13.0. The molecule has 0 aliphatic rings. The maximum absolute atomic E-state index is 5.20. The highest BCUT2D eigenvalue weighted by Gasteiger charge is 2.07. The fraction of sp³-hybridized carbons (Fsp3) is 0.133. The number of benzene rings is 2. The van der Waals surface area contributed by atoms with Gasteiger partial charge in [0.15, 0.2) is 0 Å². The van der Waals surface area contributed by atoms with E-state index in [1.807, 2.05) is 48.5 Å². The van der Waals surface area contributed by atoms with Gasteiger partial charge >= 0.3 is 0 Å². The van der Waals surface area contributed by atoms with Crippen LogP contribution < -0.4 is 4.74 Å². The summed E-state index contributed by atoms with van der Waals surface area (Å²) in [5, 5.41) is 12.6. The van der Waals surface area contributed by atoms with E-state index in [1.54, 1.807) is 11.9 Å². The molecule has 1 aromatic heterocycles. The maximum Gasteiger partial charge on any atom is 0.205 e. The van der Waals surface area contributed by atoms with Crippen LogP contribution in [0.4, 0.5) is 0 Å². The Morgan fingerprint density at radius 1 is 1.14 bits per heavy atom. The Labute approximate surface area is 130 Å². The highest BCUT2D eigenvalue weighted by atomic mass is 79.9. The molecule has 6 heteroatoms. The summed E-state index contributed by atoms with van der Waals surface area (Å²) in [4.78, 5) is 1.58. The Morgan fingerprint density at radius 2 is 2.00 bits per heavy atom. The second-order valence-corrected chi connectivity index (χ2v) is 5.42. The fourth-order valence-electron chi connectivity index (χ4n) is 1.99. The second kappa shape index (κ2) is 6.05. The van der Waals surface area contributed by atoms with E-state index in [0.29, 0.717) is 12.4 Å². The summed E-state index contributed by atoms with van der Waals surface area (Å²) in [7, 11) is 1.64. The lowest BCUT2D eigenvalue weighted by atomic mass is 10.2. The van der Waals surface area contributed by atoms with Crippen molar-refractivity contribution >= 4 is 15.9 Å². The molecule has 0 aliphatic carbocycles. The molecule has 106 valence electrons. The van der Waals surface area contributed by atoms with Gasteiger partial charge in [0.05, 0.1) is 13.7 Å². The third kappa shape index (κ3) is 3.28. The first-order chi connectivity index (χ1) is 10.2. The van der Waals surface area contributed by atoms with Gasteiger partial charge in [-0.2, -0.15) is 4.80 Å². The molecule has 3 rings (SSSR count). The largest absolute Gasteiger partial charge is 0.497 e. The molecule has 0 atom stereocenters. The summed E-state index contributed by atoms with van der Waals surface area (Å²) in [6.07, 6.45) is 0. The highest BCUT2D eigenvalue weighted by molar-refractivity contribution is 9.10. The third-order valence-electron chi connectivity index (χ3n) is 2.99. The van der Waals surface area contributed by atoms with Gasteiger partial charge in [-0.05, 0) is 35.0 Å². The van der Waals surface area contributed by atoms with Crippen LogP contribution in [0.5, 0.6) is 5.75 Å². The van der Waals surface area contributed by atoms with Crippen LogP contribution in [-0.2, 0) is 6.54 Å². The van der Waals surface area contributed by atoms with Crippen LogP contribution >= 0.6 is 15.9 Å². The number of tetrazole rings is 1. The van der Waals surface area contributed by atoms with Crippen LogP contribution in [0, 0.1) is 0 Å². The fourth-order valence-corrected chi connectivity index (χ4v) is 2.43. The molecule has 0 amide bonds. The van der Waals surface area contributed by atoms with E-state index in [1.165, 1.54) is 0 Å². The Bertz CT molecular complexity index is 757. The molecule has 5 nitrogen and oxygen atoms in total. The molecule has 0 fully saturated rings. The number of aromatic nitrogens is 4. The van der Waals surface area contributed by atoms with Crippen molar-refractivity contribution in [1.82, 2.24) is 20.2 Å². The number of hydrogen-bond acceptors (Lipinski definition) is 4. The summed E-state index contributed by atoms with van der Waals surface area (Å²) >= 11 is 3.45. The number of hydrogen-bond donors (Lipinski definition) is 0. The first-order valence-electron chi connectivity index (χ1n) is 6.41. The van der Waals surface area contributed by atoms with E-state index in [4.69, 9.17) is 4.74 Å². The molecule has 0 N–H and O–H groups in total. The van der Waals surface area contributed by atoms with Gasteiger partial charge in [-0.1, -0.05) is 40.2 Å². The van der Waals surface area contributed by atoms with E-state index < -0.39 is 0 Å². The molecule has 0 saturated heterocycles. The number of halogens is 1. The van der Waals surface area contributed by atoms with Gasteiger partial charge in [-0.15, -0.1) is 10.2 Å². The van der Waals surface area contributed by atoms with Crippen LogP contribution in [0.3, 0.4) is 0 Å². The minimum atomic E-state index is 0.580. The molecule has 0 spiro atoms. The first-order valence-corrected chi connectivity index (χ1v) is 7.20. The lowest BCUT2D eigenvalue weighted by Gasteiger charge is -2.01. The molecule has 0 radical (unpaired) electrons. The molecule has 1 heterocycles. The van der Waals surface area contributed by atoms with Crippen molar-refractivity contribution in [2.75, 3.05) is 7.11 Å². The molecule has 3 aromatic rings. The Hall–Kier alpha value is -2.21. The van der Waals surface area contributed by atoms with Gasteiger partial charge in [-0.3, -0.25) is 0 Å². The number of ether oxygens (including phenoxy) is 1. The zero-order chi connectivity index (χ0) is 14.7. The van der Waals surface area contributed by atoms with Gasteiger partial charge in [0.2, 0.25) is 5.82 Å². The third-order valence-corrected chi connectivity index (χ3v) is 3.49. The van der Waals surface area contributed by atoms with Crippen molar-refractivity contribution in [3.8, 4) is 17.1 Å². The standard InChI is InChI=1S/C15H13BrN4O/c1-21-14-7-3-5-12(9-14)15-17-19-20(18-15)10-11-4-2-6-13(16)8-11/h2-9H,10H2,1H3. The van der Waals surface area contributed by atoms with Crippen molar-refractivity contribution in [3.05, 3.63) is 58.6 Å². The first kappa shape index (κ1) is 13.8. The van der Waals surface area contributed by atoms with Crippen LogP contribution in [-0.4, -0.2) is 27.3 Å². The number of nitrogens with zero attached hydrogens (tertiary/aromatic N) is 4. The van der Waals surface area contributed by atoms with E-state index in [2.05, 4.69) is 31.3 Å². The monoisotopic (exact) mass is 344 g/mol. The zero-order valence-electron chi connectivity index (χ0n) is 11.4. The second-order valence-electron chi connectivity index (χ2n) is 4.51. The van der Waals surface area contributed by atoms with E-state index in [0.717, 1.165) is 21.3 Å². The minimum absolute atomic E-state index is 0.580. The van der Waals surface area contributed by atoms with Crippen LogP contribution in [0.15, 0.2) is 53.0 Å². The predicted molar refractivity (Wildman–Crippen MR) is 83.0 cm³/mol. The van der Waals surface area contributed by atoms with Gasteiger partial charge in [-0.25, -0.2) is 0 Å². The molecular formula is C15H13BrN4O. The van der Waals surface area contributed by atoms with Crippen molar-refractivity contribution < 1.29 is 4.74 Å². The molecule has 21 heavy (non-hydrogen) atoms. The normalized spacial score (nSPS) is 10.6. The Morgan fingerprint density at radius 3 is 2.81 bits per heavy atom. The van der Waals surface area contributed by atoms with Gasteiger partial charge in [0.25, 0.3) is 0 Å². The van der Waals surface area contributed by atoms with Crippen molar-refractivity contribution in [2.24, 2.45) is 0 Å². The topological polar surface area (TPSA) is 52.8 Å². The van der Waals surface area contributed by atoms with Gasteiger partial charge in [0.1, 0.15) is 5.75 Å². The Kier molecular flexibility index (Phi) is 3.96. The summed E-state index contributed by atoms with van der Waals surface area (Å²) in [6.45, 7) is 0.580. The average molecular weight is 345 g/mol. The van der Waals surface area contributed by atoms with Crippen molar-refractivity contribution in [3.63, 3.8) is 0 Å². The summed E-state index contributed by atoms with van der Waals surface area (Å²) in [6, 6.07) is 15.6. The predicted octanol–water partition coefficient (Wildman–Crippen LogP) is 3.16. The minimum Gasteiger partial charge on any atom is -0.497 e. The van der Waals surface area contributed by atoms with Crippen LogP contribution in [0.2, 0.25) is 0 Å². The summed E-state index contributed by atoms with van der Waals surface area (Å²) in [5.74, 6) is 1.36. The van der Waals surface area contributed by atoms with E-state index >= 15 is 0 Å². The van der Waals surface area contributed by atoms with E-state index in [9.17, 15) is 0 Å². The lowest BCUT2D eigenvalue weighted by Crippen LogP contribution is -2.03. The smallest absolute Gasteiger partial charge is 0.205 e. The lowest BCUT2D eigenvalue weighted by molar-refractivity contribution is 0.415. The molecular weight excluding hydrogens is 332 g/mol. The maximum atomic E-state index is 5.20. The van der Waals surface area contributed by atoms with Gasteiger partial charge in [0, 0.05) is 10.0 Å². The summed E-state index contributed by atoms with van der Waals surface area (Å²) < 4.78 is 6.24. The summed E-state index contributed by atoms with van der Waals surface area (Å²) in [5.41, 5.74) is 1.99. The SMILES string of the molecule is COc1cccc(-c2nnn(Cc3cccc(Br)c3)n2)c1. The number of rotatable bonds is 4. The molecule has 0 unspecified atom stereocenters. The average Bonchev–Trinajstić information content (AvgIpc) is 2.96.